The minimum atomic E-state index is -1.11. The van der Waals surface area contributed by atoms with Crippen LogP contribution in [0.4, 0.5) is 0 Å². The molecule has 2 atom stereocenters. The van der Waals surface area contributed by atoms with Crippen LogP contribution in [0.1, 0.15) is 42.6 Å². The van der Waals surface area contributed by atoms with Crippen LogP contribution in [0.25, 0.3) is 0 Å². The van der Waals surface area contributed by atoms with E-state index in [0.29, 0.717) is 10.6 Å². The lowest BCUT2D eigenvalue weighted by Gasteiger charge is -2.22. The second kappa shape index (κ2) is 5.10. The fraction of sp³-hybridized carbons (Fsp3) is 0.667. The molecule has 1 aliphatic heterocycles. The van der Waals surface area contributed by atoms with Crippen LogP contribution in [0.5, 0.6) is 0 Å². The molecule has 1 saturated heterocycles. The van der Waals surface area contributed by atoms with Gasteiger partial charge in [0.1, 0.15) is 10.9 Å². The molecule has 0 spiro atoms. The molecule has 7 nitrogen and oxygen atoms in total. The van der Waals surface area contributed by atoms with E-state index in [1.807, 2.05) is 20.8 Å². The number of aliphatic hydroxyl groups is 1. The van der Waals surface area contributed by atoms with Gasteiger partial charge in [-0.05, 0) is 11.5 Å². The number of aliphatic carboxylic acids is 1. The van der Waals surface area contributed by atoms with Gasteiger partial charge < -0.3 is 15.1 Å². The maximum absolute atomic E-state index is 12.5. The fourth-order valence-corrected chi connectivity index (χ4v) is 3.06. The summed E-state index contributed by atoms with van der Waals surface area (Å²) < 4.78 is 3.80. The SMILES string of the molecule is CC(C)(C)c1nnsc1C(=O)N1CC(O)C[C@H]1C(=O)O. The second-order valence-corrected chi connectivity index (χ2v) is 6.66. The highest BCUT2D eigenvalue weighted by molar-refractivity contribution is 7.08. The van der Waals surface area contributed by atoms with Crippen LogP contribution in [-0.4, -0.2) is 55.3 Å². The van der Waals surface area contributed by atoms with Crippen molar-refractivity contribution in [1.82, 2.24) is 14.5 Å². The van der Waals surface area contributed by atoms with Crippen molar-refractivity contribution in [3.05, 3.63) is 10.6 Å². The average molecular weight is 299 g/mol. The smallest absolute Gasteiger partial charge is 0.326 e. The molecule has 1 unspecified atom stereocenters. The van der Waals surface area contributed by atoms with Crippen LogP contribution in [0.3, 0.4) is 0 Å². The molecule has 1 fully saturated rings. The summed E-state index contributed by atoms with van der Waals surface area (Å²) in [7, 11) is 0. The topological polar surface area (TPSA) is 104 Å². The summed E-state index contributed by atoms with van der Waals surface area (Å²) in [6.45, 7) is 5.76. The zero-order valence-corrected chi connectivity index (χ0v) is 12.3. The van der Waals surface area contributed by atoms with Crippen molar-refractivity contribution < 1.29 is 19.8 Å². The third kappa shape index (κ3) is 2.66. The first-order chi connectivity index (χ1) is 9.21. The third-order valence-corrected chi connectivity index (χ3v) is 3.93. The van der Waals surface area contributed by atoms with Gasteiger partial charge >= 0.3 is 5.97 Å². The number of aliphatic hydroxyl groups excluding tert-OH is 1. The molecule has 0 aromatic carbocycles. The van der Waals surface area contributed by atoms with Crippen molar-refractivity contribution in [3.8, 4) is 0 Å². The standard InChI is InChI=1S/C12H17N3O4S/c1-12(2,3)9-8(20-14-13-9)10(17)15-5-6(16)4-7(15)11(18)19/h6-7,16H,4-5H2,1-3H3,(H,18,19)/t6?,7-/m0/s1. The van der Waals surface area contributed by atoms with Crippen molar-refractivity contribution in [2.24, 2.45) is 0 Å². The number of hydrogen-bond donors (Lipinski definition) is 2. The van der Waals surface area contributed by atoms with Gasteiger partial charge in [-0.15, -0.1) is 5.10 Å². The first kappa shape index (κ1) is 14.9. The Bertz CT molecular complexity index is 537. The van der Waals surface area contributed by atoms with Crippen LogP contribution in [0, 0.1) is 0 Å². The Morgan fingerprint density at radius 2 is 2.05 bits per heavy atom. The highest BCUT2D eigenvalue weighted by Gasteiger charge is 2.41. The molecule has 2 heterocycles. The van der Waals surface area contributed by atoms with E-state index in [1.54, 1.807) is 0 Å². The van der Waals surface area contributed by atoms with E-state index in [1.165, 1.54) is 4.90 Å². The van der Waals surface area contributed by atoms with E-state index in [4.69, 9.17) is 5.11 Å². The Hall–Kier alpha value is -1.54. The second-order valence-electron chi connectivity index (χ2n) is 5.90. The number of carbonyl (C=O) groups is 2. The molecule has 0 bridgehead atoms. The van der Waals surface area contributed by atoms with Gasteiger partial charge in [0.05, 0.1) is 11.8 Å². The molecule has 0 aliphatic carbocycles. The Kier molecular flexibility index (Phi) is 3.79. The molecule has 8 heteroatoms. The van der Waals surface area contributed by atoms with E-state index in [2.05, 4.69) is 9.59 Å². The Morgan fingerprint density at radius 3 is 2.60 bits per heavy atom. The Morgan fingerprint density at radius 1 is 1.40 bits per heavy atom. The molecular weight excluding hydrogens is 282 g/mol. The number of β-amino-alcohol motifs (C(OH)–C–C–N with tert-alkyl or cyclic N) is 1. The zero-order chi connectivity index (χ0) is 15.1. The van der Waals surface area contributed by atoms with E-state index >= 15 is 0 Å². The maximum Gasteiger partial charge on any atom is 0.326 e. The van der Waals surface area contributed by atoms with Gasteiger partial charge in [-0.3, -0.25) is 4.79 Å². The molecule has 0 saturated carbocycles. The van der Waals surface area contributed by atoms with Crippen LogP contribution in [0.2, 0.25) is 0 Å². The molecule has 110 valence electrons. The summed E-state index contributed by atoms with van der Waals surface area (Å²) in [5.74, 6) is -1.53. The van der Waals surface area contributed by atoms with Gasteiger partial charge in [0.15, 0.2) is 0 Å². The lowest BCUT2D eigenvalue weighted by Crippen LogP contribution is -2.41. The van der Waals surface area contributed by atoms with Gasteiger partial charge in [-0.1, -0.05) is 25.3 Å². The normalized spacial score (nSPS) is 23.1. The quantitative estimate of drug-likeness (QED) is 0.824. The molecule has 0 radical (unpaired) electrons. The summed E-state index contributed by atoms with van der Waals surface area (Å²) >= 11 is 0.959. The van der Waals surface area contributed by atoms with E-state index in [9.17, 15) is 14.7 Å². The minimum Gasteiger partial charge on any atom is -0.480 e. The van der Waals surface area contributed by atoms with Crippen LogP contribution >= 0.6 is 11.5 Å². The summed E-state index contributed by atoms with van der Waals surface area (Å²) in [6.07, 6.45) is -0.753. The van der Waals surface area contributed by atoms with Crippen LogP contribution in [-0.2, 0) is 10.2 Å². The largest absolute Gasteiger partial charge is 0.480 e. The number of carboxylic acids is 1. The summed E-state index contributed by atoms with van der Waals surface area (Å²) in [4.78, 5) is 25.2. The highest BCUT2D eigenvalue weighted by Crippen LogP contribution is 2.29. The maximum atomic E-state index is 12.5. The molecular formula is C12H17N3O4S. The minimum absolute atomic E-state index is 0.0251. The highest BCUT2D eigenvalue weighted by atomic mass is 32.1. The first-order valence-corrected chi connectivity index (χ1v) is 7.04. The Balaban J connectivity index is 2.32. The zero-order valence-electron chi connectivity index (χ0n) is 11.5. The molecule has 1 amide bonds. The van der Waals surface area contributed by atoms with Crippen LogP contribution < -0.4 is 0 Å². The fourth-order valence-electron chi connectivity index (χ4n) is 2.22. The average Bonchev–Trinajstić information content (AvgIpc) is 2.92. The number of carboxylic acid groups (broad SMARTS) is 1. The number of carbonyl (C=O) groups excluding carboxylic acids is 1. The predicted octanol–water partition coefficient (Wildman–Crippen LogP) is 0.496. The number of hydrogen-bond acceptors (Lipinski definition) is 6. The molecule has 1 aromatic heterocycles. The van der Waals surface area contributed by atoms with Crippen molar-refractivity contribution in [3.63, 3.8) is 0 Å². The summed E-state index contributed by atoms with van der Waals surface area (Å²) in [5.41, 5.74) is 0.202. The van der Waals surface area contributed by atoms with Gasteiger partial charge in [0, 0.05) is 18.4 Å². The van der Waals surface area contributed by atoms with Gasteiger partial charge in [-0.2, -0.15) is 0 Å². The van der Waals surface area contributed by atoms with Crippen LogP contribution in [0.15, 0.2) is 0 Å². The molecule has 1 aliphatic rings. The van der Waals surface area contributed by atoms with E-state index in [-0.39, 0.29) is 18.4 Å². The van der Waals surface area contributed by atoms with Gasteiger partial charge in [0.25, 0.3) is 5.91 Å². The number of amides is 1. The van der Waals surface area contributed by atoms with Crippen molar-refractivity contribution in [1.29, 1.82) is 0 Å². The lowest BCUT2D eigenvalue weighted by molar-refractivity contribution is -0.141. The number of likely N-dealkylation sites (tertiary alicyclic amines) is 1. The Labute approximate surface area is 120 Å². The third-order valence-electron chi connectivity index (χ3n) is 3.22. The molecule has 2 rings (SSSR count). The van der Waals surface area contributed by atoms with Gasteiger partial charge in [-0.25, -0.2) is 4.79 Å². The van der Waals surface area contributed by atoms with Crippen molar-refractivity contribution in [2.45, 2.75) is 44.8 Å². The lowest BCUT2D eigenvalue weighted by atomic mass is 9.91. The van der Waals surface area contributed by atoms with Crippen molar-refractivity contribution in [2.75, 3.05) is 6.54 Å². The first-order valence-electron chi connectivity index (χ1n) is 6.26. The monoisotopic (exact) mass is 299 g/mol. The van der Waals surface area contributed by atoms with E-state index in [0.717, 1.165) is 11.5 Å². The van der Waals surface area contributed by atoms with Crippen molar-refractivity contribution >= 4 is 23.4 Å². The number of aromatic nitrogens is 2. The van der Waals surface area contributed by atoms with E-state index < -0.39 is 24.0 Å². The molecule has 20 heavy (non-hydrogen) atoms. The summed E-state index contributed by atoms with van der Waals surface area (Å²) in [6, 6.07) is -0.993. The number of rotatable bonds is 2. The molecule has 1 aromatic rings. The van der Waals surface area contributed by atoms with Gasteiger partial charge in [0.2, 0.25) is 0 Å². The summed E-state index contributed by atoms with van der Waals surface area (Å²) in [5, 5.41) is 22.7. The molecule has 2 N–H and O–H groups in total. The number of nitrogens with zero attached hydrogens (tertiary/aromatic N) is 3. The predicted molar refractivity (Wildman–Crippen MR) is 71.7 cm³/mol.